The first-order valence-corrected chi connectivity index (χ1v) is 6.38. The predicted octanol–water partition coefficient (Wildman–Crippen LogP) is 4.17. The third kappa shape index (κ3) is 3.82. The van der Waals surface area contributed by atoms with Crippen LogP contribution in [-0.4, -0.2) is 16.9 Å². The van der Waals surface area contributed by atoms with Gasteiger partial charge in [-0.25, -0.2) is 4.98 Å². The molecule has 2 atom stereocenters. The zero-order valence-electron chi connectivity index (χ0n) is 8.60. The normalized spacial score (nSPS) is 14.7. The molecule has 0 radical (unpaired) electrons. The highest BCUT2D eigenvalue weighted by molar-refractivity contribution is 9.10. The van der Waals surface area contributed by atoms with E-state index < -0.39 is 0 Å². The molecular formula is C10H13BrCl2N2. The van der Waals surface area contributed by atoms with E-state index in [9.17, 15) is 0 Å². The third-order valence-electron chi connectivity index (χ3n) is 2.27. The summed E-state index contributed by atoms with van der Waals surface area (Å²) in [6.45, 7) is 4.17. The van der Waals surface area contributed by atoms with Gasteiger partial charge in [0.2, 0.25) is 0 Å². The lowest BCUT2D eigenvalue weighted by molar-refractivity contribution is 0.564. The highest BCUT2D eigenvalue weighted by atomic mass is 79.9. The van der Waals surface area contributed by atoms with Gasteiger partial charge >= 0.3 is 0 Å². The first kappa shape index (κ1) is 13.1. The van der Waals surface area contributed by atoms with Crippen molar-refractivity contribution >= 4 is 44.9 Å². The van der Waals surface area contributed by atoms with E-state index in [0.717, 1.165) is 10.3 Å². The number of rotatable bonds is 4. The molecule has 0 spiro atoms. The minimum absolute atomic E-state index is 0.271. The Morgan fingerprint density at radius 1 is 1.53 bits per heavy atom. The average Bonchev–Trinajstić information content (AvgIpc) is 2.20. The van der Waals surface area contributed by atoms with Crippen molar-refractivity contribution in [2.75, 3.05) is 11.2 Å². The van der Waals surface area contributed by atoms with Crippen LogP contribution in [0.25, 0.3) is 0 Å². The second-order valence-electron chi connectivity index (χ2n) is 3.55. The second-order valence-corrected chi connectivity index (χ2v) is 5.15. The Bertz CT molecular complexity index is 333. The zero-order valence-corrected chi connectivity index (χ0v) is 11.7. The Morgan fingerprint density at radius 3 is 2.73 bits per heavy atom. The molecule has 15 heavy (non-hydrogen) atoms. The molecule has 0 bridgehead atoms. The van der Waals surface area contributed by atoms with Gasteiger partial charge in [0.05, 0.1) is 9.50 Å². The number of hydrogen-bond donors (Lipinski definition) is 1. The summed E-state index contributed by atoms with van der Waals surface area (Å²) >= 11 is 15.0. The lowest BCUT2D eigenvalue weighted by Gasteiger charge is -2.20. The SMILES string of the molecule is CC(CCl)C(C)Nc1ncc(Cl)cc1Br. The van der Waals surface area contributed by atoms with E-state index in [-0.39, 0.29) is 6.04 Å². The molecule has 1 rings (SSSR count). The zero-order chi connectivity index (χ0) is 11.4. The van der Waals surface area contributed by atoms with Crippen LogP contribution in [-0.2, 0) is 0 Å². The van der Waals surface area contributed by atoms with Crippen LogP contribution in [0.2, 0.25) is 5.02 Å². The number of alkyl halides is 1. The number of nitrogens with one attached hydrogen (secondary N) is 1. The van der Waals surface area contributed by atoms with Gasteiger partial charge in [-0.2, -0.15) is 0 Å². The van der Waals surface area contributed by atoms with Crippen LogP contribution in [0.15, 0.2) is 16.7 Å². The number of anilines is 1. The van der Waals surface area contributed by atoms with Gasteiger partial charge in [-0.05, 0) is 34.8 Å². The minimum atomic E-state index is 0.271. The van der Waals surface area contributed by atoms with Gasteiger partial charge in [0.15, 0.2) is 0 Å². The highest BCUT2D eigenvalue weighted by Gasteiger charge is 2.12. The Kier molecular flexibility index (Phi) is 5.16. The second kappa shape index (κ2) is 5.92. The van der Waals surface area contributed by atoms with E-state index in [2.05, 4.69) is 40.1 Å². The first-order valence-electron chi connectivity index (χ1n) is 4.68. The van der Waals surface area contributed by atoms with Crippen LogP contribution in [0.3, 0.4) is 0 Å². The molecule has 1 aromatic rings. The third-order valence-corrected chi connectivity index (χ3v) is 3.57. The number of halogens is 3. The Morgan fingerprint density at radius 2 is 2.20 bits per heavy atom. The molecule has 0 amide bonds. The van der Waals surface area contributed by atoms with E-state index in [1.807, 2.05) is 6.07 Å². The van der Waals surface area contributed by atoms with Crippen LogP contribution in [0.4, 0.5) is 5.82 Å². The van der Waals surface area contributed by atoms with E-state index in [0.29, 0.717) is 16.8 Å². The number of aromatic nitrogens is 1. The lowest BCUT2D eigenvalue weighted by Crippen LogP contribution is -2.25. The quantitative estimate of drug-likeness (QED) is 0.844. The maximum Gasteiger partial charge on any atom is 0.140 e. The standard InChI is InChI=1S/C10H13BrCl2N2/c1-6(4-12)7(2)15-10-9(11)3-8(13)5-14-10/h3,5-7H,4H2,1-2H3,(H,14,15). The van der Waals surface area contributed by atoms with Crippen molar-refractivity contribution in [1.82, 2.24) is 4.98 Å². The molecule has 0 aliphatic rings. The minimum Gasteiger partial charge on any atom is -0.366 e. The van der Waals surface area contributed by atoms with Gasteiger partial charge in [-0.1, -0.05) is 18.5 Å². The van der Waals surface area contributed by atoms with Crippen LogP contribution in [0.5, 0.6) is 0 Å². The van der Waals surface area contributed by atoms with Crippen molar-refractivity contribution in [3.05, 3.63) is 21.8 Å². The largest absolute Gasteiger partial charge is 0.366 e. The molecule has 0 aliphatic heterocycles. The first-order chi connectivity index (χ1) is 7.04. The molecule has 1 N–H and O–H groups in total. The number of pyridine rings is 1. The van der Waals surface area contributed by atoms with Crippen molar-refractivity contribution in [3.8, 4) is 0 Å². The Labute approximate surface area is 108 Å². The summed E-state index contributed by atoms with van der Waals surface area (Å²) in [6.07, 6.45) is 1.62. The van der Waals surface area contributed by atoms with Crippen LogP contribution in [0, 0.1) is 5.92 Å². The van der Waals surface area contributed by atoms with Gasteiger partial charge in [0, 0.05) is 18.1 Å². The maximum atomic E-state index is 5.80. The Balaban J connectivity index is 2.72. The van der Waals surface area contributed by atoms with E-state index in [1.165, 1.54) is 0 Å². The molecule has 0 saturated heterocycles. The van der Waals surface area contributed by atoms with E-state index in [4.69, 9.17) is 23.2 Å². The van der Waals surface area contributed by atoms with Crippen LogP contribution >= 0.6 is 39.1 Å². The topological polar surface area (TPSA) is 24.9 Å². The fourth-order valence-electron chi connectivity index (χ4n) is 1.01. The molecule has 5 heteroatoms. The van der Waals surface area contributed by atoms with Crippen molar-refractivity contribution in [2.45, 2.75) is 19.9 Å². The molecule has 0 aromatic carbocycles. The summed E-state index contributed by atoms with van der Waals surface area (Å²) in [5, 5.41) is 3.90. The molecule has 2 unspecified atom stereocenters. The summed E-state index contributed by atoms with van der Waals surface area (Å²) in [4.78, 5) is 4.20. The fourth-order valence-corrected chi connectivity index (χ4v) is 2.03. The molecule has 0 aliphatic carbocycles. The molecule has 2 nitrogen and oxygen atoms in total. The summed E-state index contributed by atoms with van der Waals surface area (Å²) < 4.78 is 0.864. The average molecular weight is 312 g/mol. The van der Waals surface area contributed by atoms with Crippen molar-refractivity contribution in [1.29, 1.82) is 0 Å². The maximum absolute atomic E-state index is 5.80. The van der Waals surface area contributed by atoms with Gasteiger partial charge in [-0.15, -0.1) is 11.6 Å². The van der Waals surface area contributed by atoms with E-state index >= 15 is 0 Å². The van der Waals surface area contributed by atoms with Gasteiger partial charge in [0.1, 0.15) is 5.82 Å². The van der Waals surface area contributed by atoms with Crippen LogP contribution in [0.1, 0.15) is 13.8 Å². The van der Waals surface area contributed by atoms with Crippen molar-refractivity contribution in [3.63, 3.8) is 0 Å². The molecule has 0 fully saturated rings. The summed E-state index contributed by atoms with van der Waals surface area (Å²) in [7, 11) is 0. The number of hydrogen-bond acceptors (Lipinski definition) is 2. The number of nitrogens with zero attached hydrogens (tertiary/aromatic N) is 1. The molecule has 1 aromatic heterocycles. The van der Waals surface area contributed by atoms with Gasteiger partial charge in [0.25, 0.3) is 0 Å². The Hall–Kier alpha value is 0.01000. The molecule has 1 heterocycles. The molecule has 0 saturated carbocycles. The van der Waals surface area contributed by atoms with Crippen molar-refractivity contribution in [2.24, 2.45) is 5.92 Å². The van der Waals surface area contributed by atoms with Gasteiger partial charge < -0.3 is 5.32 Å². The van der Waals surface area contributed by atoms with Crippen molar-refractivity contribution < 1.29 is 0 Å². The van der Waals surface area contributed by atoms with Gasteiger partial charge in [-0.3, -0.25) is 0 Å². The monoisotopic (exact) mass is 310 g/mol. The fraction of sp³-hybridized carbons (Fsp3) is 0.500. The predicted molar refractivity (Wildman–Crippen MR) is 69.9 cm³/mol. The molecule has 84 valence electrons. The smallest absolute Gasteiger partial charge is 0.140 e. The highest BCUT2D eigenvalue weighted by Crippen LogP contribution is 2.24. The van der Waals surface area contributed by atoms with Crippen LogP contribution < -0.4 is 5.32 Å². The lowest BCUT2D eigenvalue weighted by atomic mass is 10.1. The summed E-state index contributed by atoms with van der Waals surface area (Å²) in [6, 6.07) is 2.09. The summed E-state index contributed by atoms with van der Waals surface area (Å²) in [5.74, 6) is 1.80. The van der Waals surface area contributed by atoms with E-state index in [1.54, 1.807) is 6.20 Å². The molecular weight excluding hydrogens is 299 g/mol. The summed E-state index contributed by atoms with van der Waals surface area (Å²) in [5.41, 5.74) is 0.